The molecule has 100 valence electrons. The van der Waals surface area contributed by atoms with Crippen LogP contribution in [0.1, 0.15) is 23.5 Å². The first-order chi connectivity index (χ1) is 8.80. The van der Waals surface area contributed by atoms with Gasteiger partial charge in [0.05, 0.1) is 20.8 Å². The van der Waals surface area contributed by atoms with Crippen molar-refractivity contribution in [1.82, 2.24) is 5.32 Å². The summed E-state index contributed by atoms with van der Waals surface area (Å²) in [5.74, 6) is 2.13. The van der Waals surface area contributed by atoms with Gasteiger partial charge in [0.2, 0.25) is 0 Å². The Morgan fingerprint density at radius 3 is 2.61 bits per heavy atom. The Labute approximate surface area is 108 Å². The van der Waals surface area contributed by atoms with Gasteiger partial charge in [-0.2, -0.15) is 0 Å². The van der Waals surface area contributed by atoms with E-state index >= 15 is 0 Å². The maximum Gasteiger partial charge on any atom is 0.164 e. The van der Waals surface area contributed by atoms with Crippen LogP contribution in [0.5, 0.6) is 11.5 Å². The lowest BCUT2D eigenvalue weighted by Crippen LogP contribution is -2.09. The van der Waals surface area contributed by atoms with Crippen molar-refractivity contribution in [2.24, 2.45) is 0 Å². The number of ether oxygens (including phenoxy) is 3. The van der Waals surface area contributed by atoms with E-state index in [1.54, 1.807) is 21.3 Å². The van der Waals surface area contributed by atoms with Gasteiger partial charge in [-0.25, -0.2) is 0 Å². The molecular weight excluding hydrogens is 230 g/mol. The van der Waals surface area contributed by atoms with Crippen LogP contribution in [0.2, 0.25) is 0 Å². The lowest BCUT2D eigenvalue weighted by atomic mass is 9.95. The number of nitrogens with one attached hydrogen (secondary N) is 1. The van der Waals surface area contributed by atoms with E-state index in [1.807, 2.05) is 6.07 Å². The normalized spacial score (nSPS) is 18.9. The summed E-state index contributed by atoms with van der Waals surface area (Å²) < 4.78 is 16.1. The fourth-order valence-corrected chi connectivity index (χ4v) is 2.53. The predicted octanol–water partition coefficient (Wildman–Crippen LogP) is 1.93. The standard InChI is InChI=1S/C14H21NO3/c1-16-9-10-6-12(11-4-5-15-8-11)14(18-3)13(7-10)17-2/h6-7,11,15H,4-5,8-9H2,1-3H3. The maximum absolute atomic E-state index is 5.52. The van der Waals surface area contributed by atoms with Crippen LogP contribution in [0.3, 0.4) is 0 Å². The molecule has 0 spiro atoms. The minimum atomic E-state index is 0.491. The van der Waals surface area contributed by atoms with Crippen molar-refractivity contribution in [2.45, 2.75) is 18.9 Å². The highest BCUT2D eigenvalue weighted by atomic mass is 16.5. The molecule has 0 amide bonds. The van der Waals surface area contributed by atoms with Crippen LogP contribution in [0.4, 0.5) is 0 Å². The van der Waals surface area contributed by atoms with Crippen LogP contribution >= 0.6 is 0 Å². The van der Waals surface area contributed by atoms with E-state index in [-0.39, 0.29) is 0 Å². The van der Waals surface area contributed by atoms with Crippen LogP contribution in [0.15, 0.2) is 12.1 Å². The van der Waals surface area contributed by atoms with E-state index in [9.17, 15) is 0 Å². The van der Waals surface area contributed by atoms with Crippen molar-refractivity contribution in [3.8, 4) is 11.5 Å². The quantitative estimate of drug-likeness (QED) is 0.868. The zero-order valence-electron chi connectivity index (χ0n) is 11.3. The van der Waals surface area contributed by atoms with Crippen molar-refractivity contribution in [1.29, 1.82) is 0 Å². The first-order valence-electron chi connectivity index (χ1n) is 6.24. The Bertz CT molecular complexity index is 400. The maximum atomic E-state index is 5.52. The van der Waals surface area contributed by atoms with Crippen LogP contribution in [0, 0.1) is 0 Å². The largest absolute Gasteiger partial charge is 0.493 e. The second kappa shape index (κ2) is 6.07. The molecule has 4 heteroatoms. The summed E-state index contributed by atoms with van der Waals surface area (Å²) in [7, 11) is 5.07. The molecule has 1 unspecified atom stereocenters. The summed E-state index contributed by atoms with van der Waals surface area (Å²) in [5, 5.41) is 3.38. The summed E-state index contributed by atoms with van der Waals surface area (Å²) in [6.07, 6.45) is 1.13. The van der Waals surface area contributed by atoms with E-state index in [0.29, 0.717) is 12.5 Å². The summed E-state index contributed by atoms with van der Waals surface area (Å²) in [6.45, 7) is 2.65. The lowest BCUT2D eigenvalue weighted by Gasteiger charge is -2.18. The Hall–Kier alpha value is -1.26. The molecule has 0 aromatic heterocycles. The molecule has 1 N–H and O–H groups in total. The summed E-state index contributed by atoms with van der Waals surface area (Å²) in [5.41, 5.74) is 2.34. The molecule has 1 aromatic carbocycles. The van der Waals surface area contributed by atoms with Gasteiger partial charge in [-0.15, -0.1) is 0 Å². The highest BCUT2D eigenvalue weighted by molar-refractivity contribution is 5.51. The molecular formula is C14H21NO3. The molecule has 18 heavy (non-hydrogen) atoms. The van der Waals surface area contributed by atoms with Crippen molar-refractivity contribution < 1.29 is 14.2 Å². The molecule has 0 aliphatic carbocycles. The zero-order valence-corrected chi connectivity index (χ0v) is 11.3. The minimum Gasteiger partial charge on any atom is -0.493 e. The van der Waals surface area contributed by atoms with Crippen molar-refractivity contribution in [3.63, 3.8) is 0 Å². The van der Waals surface area contributed by atoms with E-state index in [0.717, 1.165) is 36.6 Å². The third-order valence-electron chi connectivity index (χ3n) is 3.38. The average Bonchev–Trinajstić information content (AvgIpc) is 2.91. The van der Waals surface area contributed by atoms with Gasteiger partial charge in [-0.05, 0) is 30.7 Å². The molecule has 1 aliphatic rings. The molecule has 0 saturated carbocycles. The van der Waals surface area contributed by atoms with Gasteiger partial charge < -0.3 is 19.5 Å². The second-order valence-electron chi connectivity index (χ2n) is 4.54. The molecule has 1 fully saturated rings. The van der Waals surface area contributed by atoms with Crippen LogP contribution in [-0.4, -0.2) is 34.4 Å². The second-order valence-corrected chi connectivity index (χ2v) is 4.54. The molecule has 1 heterocycles. The highest BCUT2D eigenvalue weighted by Crippen LogP contribution is 2.39. The van der Waals surface area contributed by atoms with Gasteiger partial charge in [-0.3, -0.25) is 0 Å². The monoisotopic (exact) mass is 251 g/mol. The molecule has 1 atom stereocenters. The Morgan fingerprint density at radius 2 is 2.06 bits per heavy atom. The summed E-state index contributed by atoms with van der Waals surface area (Å²) in [4.78, 5) is 0. The molecule has 1 aliphatic heterocycles. The zero-order chi connectivity index (χ0) is 13.0. The lowest BCUT2D eigenvalue weighted by molar-refractivity contribution is 0.184. The van der Waals surface area contributed by atoms with Gasteiger partial charge in [0, 0.05) is 25.1 Å². The molecule has 4 nitrogen and oxygen atoms in total. The molecule has 2 rings (SSSR count). The van der Waals surface area contributed by atoms with Crippen LogP contribution in [0.25, 0.3) is 0 Å². The first kappa shape index (κ1) is 13.2. The van der Waals surface area contributed by atoms with Crippen LogP contribution < -0.4 is 14.8 Å². The van der Waals surface area contributed by atoms with E-state index in [1.165, 1.54) is 5.56 Å². The molecule has 1 saturated heterocycles. The van der Waals surface area contributed by atoms with Crippen LogP contribution in [-0.2, 0) is 11.3 Å². The SMILES string of the molecule is COCc1cc(OC)c(OC)c(C2CCNC2)c1. The number of methoxy groups -OCH3 is 3. The van der Waals surface area contributed by atoms with E-state index in [2.05, 4.69) is 11.4 Å². The summed E-state index contributed by atoms with van der Waals surface area (Å²) in [6, 6.07) is 4.15. The van der Waals surface area contributed by atoms with E-state index in [4.69, 9.17) is 14.2 Å². The third-order valence-corrected chi connectivity index (χ3v) is 3.38. The number of hydrogen-bond donors (Lipinski definition) is 1. The Balaban J connectivity index is 2.41. The van der Waals surface area contributed by atoms with Gasteiger partial charge >= 0.3 is 0 Å². The third kappa shape index (κ3) is 2.60. The number of hydrogen-bond acceptors (Lipinski definition) is 4. The number of benzene rings is 1. The van der Waals surface area contributed by atoms with Gasteiger partial charge in [-0.1, -0.05) is 0 Å². The van der Waals surface area contributed by atoms with Crippen molar-refractivity contribution in [3.05, 3.63) is 23.3 Å². The Morgan fingerprint density at radius 1 is 1.22 bits per heavy atom. The topological polar surface area (TPSA) is 39.7 Å². The Kier molecular flexibility index (Phi) is 4.44. The molecule has 0 radical (unpaired) electrons. The van der Waals surface area contributed by atoms with Gasteiger partial charge in [0.15, 0.2) is 11.5 Å². The molecule has 0 bridgehead atoms. The van der Waals surface area contributed by atoms with Gasteiger partial charge in [0.1, 0.15) is 0 Å². The number of rotatable bonds is 5. The minimum absolute atomic E-state index is 0.491. The fourth-order valence-electron chi connectivity index (χ4n) is 2.53. The van der Waals surface area contributed by atoms with Crippen molar-refractivity contribution in [2.75, 3.05) is 34.4 Å². The van der Waals surface area contributed by atoms with Crippen molar-refractivity contribution >= 4 is 0 Å². The first-order valence-corrected chi connectivity index (χ1v) is 6.24. The fraction of sp³-hybridized carbons (Fsp3) is 0.571. The average molecular weight is 251 g/mol. The molecule has 1 aromatic rings. The van der Waals surface area contributed by atoms with E-state index < -0.39 is 0 Å². The predicted molar refractivity (Wildman–Crippen MR) is 70.5 cm³/mol. The van der Waals surface area contributed by atoms with Gasteiger partial charge in [0.25, 0.3) is 0 Å². The smallest absolute Gasteiger partial charge is 0.164 e. The highest BCUT2D eigenvalue weighted by Gasteiger charge is 2.23. The summed E-state index contributed by atoms with van der Waals surface area (Å²) >= 11 is 0.